The standard InChI is InChI=1S/C27H25F6NO3/c1-16(2)11-24(25(35)36)20-12-19(18-5-7-21(8-6-18)26(28,29)30)13-22(14-20)34-15-17-3-9-23(10-4-17)37-27(31,32)33/h3-10,12-14,16,24,34H,11,15H2,1-2H3,(H,35,36). The van der Waals surface area contributed by atoms with Crippen molar-refractivity contribution in [2.75, 3.05) is 5.32 Å². The predicted octanol–water partition coefficient (Wildman–Crippen LogP) is 8.10. The molecule has 1 unspecified atom stereocenters. The van der Waals surface area contributed by atoms with E-state index in [0.29, 0.717) is 34.4 Å². The van der Waals surface area contributed by atoms with Crippen molar-refractivity contribution in [3.63, 3.8) is 0 Å². The van der Waals surface area contributed by atoms with E-state index in [9.17, 15) is 36.2 Å². The van der Waals surface area contributed by atoms with E-state index in [2.05, 4.69) is 10.1 Å². The van der Waals surface area contributed by atoms with Gasteiger partial charge in [0.15, 0.2) is 0 Å². The zero-order valence-corrected chi connectivity index (χ0v) is 20.0. The Kier molecular flexibility index (Phi) is 8.40. The Hall–Kier alpha value is -3.69. The van der Waals surface area contributed by atoms with Crippen molar-refractivity contribution < 1.29 is 41.0 Å². The van der Waals surface area contributed by atoms with Crippen LogP contribution < -0.4 is 10.1 Å². The third kappa shape index (κ3) is 8.16. The molecule has 0 radical (unpaired) electrons. The lowest BCUT2D eigenvalue weighted by Crippen LogP contribution is -2.17. The second kappa shape index (κ2) is 11.1. The van der Waals surface area contributed by atoms with Gasteiger partial charge in [-0.2, -0.15) is 13.2 Å². The number of nitrogens with one attached hydrogen (secondary N) is 1. The number of anilines is 1. The molecular formula is C27H25F6NO3. The van der Waals surface area contributed by atoms with E-state index < -0.39 is 30.0 Å². The van der Waals surface area contributed by atoms with E-state index in [1.807, 2.05) is 13.8 Å². The molecular weight excluding hydrogens is 500 g/mol. The number of benzene rings is 3. The molecule has 0 aromatic heterocycles. The van der Waals surface area contributed by atoms with Gasteiger partial charge in [-0.3, -0.25) is 4.79 Å². The molecule has 0 spiro atoms. The van der Waals surface area contributed by atoms with Gasteiger partial charge in [-0.15, -0.1) is 13.2 Å². The fourth-order valence-electron chi connectivity index (χ4n) is 3.84. The molecule has 198 valence electrons. The first-order valence-corrected chi connectivity index (χ1v) is 11.4. The zero-order valence-electron chi connectivity index (χ0n) is 20.0. The van der Waals surface area contributed by atoms with Crippen LogP contribution in [0, 0.1) is 5.92 Å². The van der Waals surface area contributed by atoms with Gasteiger partial charge < -0.3 is 15.2 Å². The van der Waals surface area contributed by atoms with Gasteiger partial charge in [0.05, 0.1) is 11.5 Å². The first-order chi connectivity index (χ1) is 17.2. The maximum atomic E-state index is 13.0. The lowest BCUT2D eigenvalue weighted by Gasteiger charge is -2.19. The van der Waals surface area contributed by atoms with Crippen LogP contribution in [0.15, 0.2) is 66.7 Å². The highest BCUT2D eigenvalue weighted by molar-refractivity contribution is 5.79. The highest BCUT2D eigenvalue weighted by Crippen LogP contribution is 2.34. The van der Waals surface area contributed by atoms with E-state index in [0.717, 1.165) is 12.1 Å². The highest BCUT2D eigenvalue weighted by Gasteiger charge is 2.31. The molecule has 3 aromatic rings. The minimum atomic E-state index is -4.80. The molecule has 3 aromatic carbocycles. The summed E-state index contributed by atoms with van der Waals surface area (Å²) in [7, 11) is 0. The average Bonchev–Trinajstić information content (AvgIpc) is 2.80. The van der Waals surface area contributed by atoms with Crippen molar-refractivity contribution in [3.8, 4) is 16.9 Å². The summed E-state index contributed by atoms with van der Waals surface area (Å²) >= 11 is 0. The number of halogens is 6. The van der Waals surface area contributed by atoms with Crippen molar-refractivity contribution in [1.82, 2.24) is 0 Å². The second-order valence-corrected chi connectivity index (χ2v) is 8.98. The molecule has 2 N–H and O–H groups in total. The highest BCUT2D eigenvalue weighted by atomic mass is 19.4. The van der Waals surface area contributed by atoms with Crippen molar-refractivity contribution in [2.45, 2.75) is 45.3 Å². The van der Waals surface area contributed by atoms with E-state index >= 15 is 0 Å². The van der Waals surface area contributed by atoms with Gasteiger partial charge in [0.1, 0.15) is 5.75 Å². The molecule has 0 aliphatic carbocycles. The van der Waals surface area contributed by atoms with Crippen LogP contribution in [0.4, 0.5) is 32.0 Å². The summed E-state index contributed by atoms with van der Waals surface area (Å²) in [6, 6.07) is 14.8. The second-order valence-electron chi connectivity index (χ2n) is 8.98. The van der Waals surface area contributed by atoms with Crippen LogP contribution in [-0.2, 0) is 17.5 Å². The molecule has 0 bridgehead atoms. The number of rotatable bonds is 9. The first-order valence-electron chi connectivity index (χ1n) is 11.4. The van der Waals surface area contributed by atoms with Crippen LogP contribution in [0.3, 0.4) is 0 Å². The Morgan fingerprint density at radius 2 is 1.51 bits per heavy atom. The summed E-state index contributed by atoms with van der Waals surface area (Å²) in [4.78, 5) is 12.0. The lowest BCUT2D eigenvalue weighted by molar-refractivity contribution is -0.274. The Labute approximate surface area is 209 Å². The van der Waals surface area contributed by atoms with Gasteiger partial charge in [0, 0.05) is 12.2 Å². The van der Waals surface area contributed by atoms with Crippen LogP contribution in [0.5, 0.6) is 5.75 Å². The van der Waals surface area contributed by atoms with Crippen LogP contribution in [0.2, 0.25) is 0 Å². The summed E-state index contributed by atoms with van der Waals surface area (Å²) < 4.78 is 80.0. The van der Waals surface area contributed by atoms with Crippen molar-refractivity contribution >= 4 is 11.7 Å². The molecule has 0 saturated heterocycles. The van der Waals surface area contributed by atoms with Crippen LogP contribution in [0.25, 0.3) is 11.1 Å². The molecule has 0 heterocycles. The number of alkyl halides is 6. The summed E-state index contributed by atoms with van der Waals surface area (Å²) in [6.45, 7) is 3.98. The van der Waals surface area contributed by atoms with Crippen molar-refractivity contribution in [3.05, 3.63) is 83.4 Å². The van der Waals surface area contributed by atoms with Crippen LogP contribution >= 0.6 is 0 Å². The Bertz CT molecular complexity index is 1200. The van der Waals surface area contributed by atoms with Gasteiger partial charge >= 0.3 is 18.5 Å². The Balaban J connectivity index is 1.92. The normalized spacial score (nSPS) is 12.9. The van der Waals surface area contributed by atoms with E-state index in [1.165, 1.54) is 36.4 Å². The molecule has 10 heteroatoms. The number of aliphatic carboxylic acids is 1. The third-order valence-corrected chi connectivity index (χ3v) is 5.56. The summed E-state index contributed by atoms with van der Waals surface area (Å²) in [6.07, 6.45) is -8.93. The molecule has 0 aliphatic rings. The molecule has 1 atom stereocenters. The fraction of sp³-hybridized carbons (Fsp3) is 0.296. The molecule has 37 heavy (non-hydrogen) atoms. The minimum absolute atomic E-state index is 0.0738. The SMILES string of the molecule is CC(C)CC(C(=O)O)c1cc(NCc2ccc(OC(F)(F)F)cc2)cc(-c2ccc(C(F)(F)F)cc2)c1. The largest absolute Gasteiger partial charge is 0.573 e. The first kappa shape index (κ1) is 27.9. The number of carboxylic acid groups (broad SMARTS) is 1. The molecule has 3 rings (SSSR count). The molecule has 0 amide bonds. The number of carboxylic acids is 1. The molecule has 0 aliphatic heterocycles. The Morgan fingerprint density at radius 1 is 0.892 bits per heavy atom. The van der Waals surface area contributed by atoms with Crippen molar-refractivity contribution in [1.29, 1.82) is 0 Å². The van der Waals surface area contributed by atoms with Crippen LogP contribution in [0.1, 0.15) is 42.9 Å². The van der Waals surface area contributed by atoms with Crippen LogP contribution in [-0.4, -0.2) is 17.4 Å². The lowest BCUT2D eigenvalue weighted by atomic mass is 9.88. The zero-order chi connectivity index (χ0) is 27.4. The summed E-state index contributed by atoms with van der Waals surface area (Å²) in [5.41, 5.74) is 1.82. The van der Waals surface area contributed by atoms with Gasteiger partial charge in [-0.1, -0.05) is 44.2 Å². The summed E-state index contributed by atoms with van der Waals surface area (Å²) in [5, 5.41) is 13.0. The van der Waals surface area contributed by atoms with Gasteiger partial charge in [-0.25, -0.2) is 0 Å². The number of ether oxygens (including phenoxy) is 1. The maximum absolute atomic E-state index is 13.0. The smallest absolute Gasteiger partial charge is 0.481 e. The number of hydrogen-bond donors (Lipinski definition) is 2. The molecule has 0 saturated carbocycles. The fourth-order valence-corrected chi connectivity index (χ4v) is 3.84. The van der Waals surface area contributed by atoms with Gasteiger partial charge in [-0.05, 0) is 71.0 Å². The number of carbonyl (C=O) groups is 1. The monoisotopic (exact) mass is 525 g/mol. The maximum Gasteiger partial charge on any atom is 0.573 e. The van der Waals surface area contributed by atoms with Crippen molar-refractivity contribution in [2.24, 2.45) is 5.92 Å². The molecule has 4 nitrogen and oxygen atoms in total. The third-order valence-electron chi connectivity index (χ3n) is 5.56. The summed E-state index contributed by atoms with van der Waals surface area (Å²) in [5.74, 6) is -2.15. The van der Waals surface area contributed by atoms with E-state index in [1.54, 1.807) is 18.2 Å². The van der Waals surface area contributed by atoms with Gasteiger partial charge in [0.25, 0.3) is 0 Å². The topological polar surface area (TPSA) is 58.6 Å². The molecule has 0 fully saturated rings. The minimum Gasteiger partial charge on any atom is -0.481 e. The average molecular weight is 525 g/mol. The van der Waals surface area contributed by atoms with Gasteiger partial charge in [0.2, 0.25) is 0 Å². The van der Waals surface area contributed by atoms with E-state index in [-0.39, 0.29) is 18.2 Å². The quantitative estimate of drug-likeness (QED) is 0.277. The van der Waals surface area contributed by atoms with E-state index in [4.69, 9.17) is 0 Å². The number of hydrogen-bond acceptors (Lipinski definition) is 3. The predicted molar refractivity (Wildman–Crippen MR) is 127 cm³/mol. The Morgan fingerprint density at radius 3 is 2.03 bits per heavy atom.